The van der Waals surface area contributed by atoms with Crippen LogP contribution in [0.3, 0.4) is 0 Å². The van der Waals surface area contributed by atoms with Crippen molar-refractivity contribution in [3.05, 3.63) is 217 Å². The van der Waals surface area contributed by atoms with Gasteiger partial charge in [0.05, 0.1) is 0 Å². The first-order chi connectivity index (χ1) is 23.3. The molecule has 0 saturated heterocycles. The first kappa shape index (κ1) is 29.5. The van der Waals surface area contributed by atoms with Crippen LogP contribution in [0.25, 0.3) is 55.0 Å². The van der Waals surface area contributed by atoms with Crippen LogP contribution in [0, 0.1) is 0 Å². The molecule has 1 N–H and O–H groups in total. The molecule has 9 rings (SSSR count). The van der Waals surface area contributed by atoms with Crippen LogP contribution in [0.5, 0.6) is 0 Å². The van der Waals surface area contributed by atoms with Crippen molar-refractivity contribution in [3.63, 3.8) is 0 Å². The number of hydrogen-bond acceptors (Lipinski definition) is 0. The molecule has 9 aromatic rings. The smallest absolute Gasteiger partial charge is 0.0464 e. The summed E-state index contributed by atoms with van der Waals surface area (Å²) in [5.74, 6) is 0. The van der Waals surface area contributed by atoms with E-state index in [1.165, 1.54) is 65.6 Å². The SMILES string of the molecule is C(=C(c1ccccc1)c1ccccc1)c1ccccc1.c1ccc2c(c1)[nH]c1ccccc12.c1ccc2cc3ccccc3cc2c1. The van der Waals surface area contributed by atoms with Crippen molar-refractivity contribution in [1.82, 2.24) is 4.98 Å². The highest BCUT2D eigenvalue weighted by molar-refractivity contribution is 6.07. The summed E-state index contributed by atoms with van der Waals surface area (Å²) >= 11 is 0. The number of fused-ring (bicyclic) bond motifs is 5. The fourth-order valence-corrected chi connectivity index (χ4v) is 5.97. The van der Waals surface area contributed by atoms with Gasteiger partial charge in [0.25, 0.3) is 0 Å². The zero-order valence-corrected chi connectivity index (χ0v) is 26.1. The monoisotopic (exact) mass is 601 g/mol. The van der Waals surface area contributed by atoms with Gasteiger partial charge < -0.3 is 4.98 Å². The molecule has 0 saturated carbocycles. The summed E-state index contributed by atoms with van der Waals surface area (Å²) in [6, 6.07) is 69.7. The first-order valence-electron chi connectivity index (χ1n) is 16.0. The summed E-state index contributed by atoms with van der Waals surface area (Å²) in [5.41, 5.74) is 7.37. The maximum Gasteiger partial charge on any atom is 0.0464 e. The molecule has 0 radical (unpaired) electrons. The van der Waals surface area contributed by atoms with Crippen molar-refractivity contribution >= 4 is 55.0 Å². The molecular formula is C46H35N. The molecule has 1 nitrogen and oxygen atoms in total. The standard InChI is InChI=1S/C20H16.C14H10.C12H9N/c1-4-10-17(11-5-1)16-20(18-12-6-2-7-13-18)19-14-8-3-9-15-19;1-2-6-12-10-14-8-4-3-7-13(14)9-11(12)5-1;1-3-7-11-9(5-1)10-6-2-4-8-12(10)13-11/h1-16H;1-10H;1-8,13H. The molecule has 0 aliphatic rings. The Labute approximate surface area is 276 Å². The molecule has 0 fully saturated rings. The number of aromatic amines is 1. The second kappa shape index (κ2) is 14.3. The molecule has 1 heteroatoms. The van der Waals surface area contributed by atoms with E-state index < -0.39 is 0 Å². The normalized spacial score (nSPS) is 10.6. The Morgan fingerprint density at radius 1 is 0.340 bits per heavy atom. The van der Waals surface area contributed by atoms with Crippen LogP contribution >= 0.6 is 0 Å². The second-order valence-corrected chi connectivity index (χ2v) is 11.5. The molecule has 0 aliphatic heterocycles. The van der Waals surface area contributed by atoms with Crippen LogP contribution in [0.2, 0.25) is 0 Å². The lowest BCUT2D eigenvalue weighted by Crippen LogP contribution is -1.87. The van der Waals surface area contributed by atoms with Crippen molar-refractivity contribution in [1.29, 1.82) is 0 Å². The summed E-state index contributed by atoms with van der Waals surface area (Å²) in [7, 11) is 0. The lowest BCUT2D eigenvalue weighted by molar-refractivity contribution is 1.55. The van der Waals surface area contributed by atoms with Crippen molar-refractivity contribution in [2.75, 3.05) is 0 Å². The quantitative estimate of drug-likeness (QED) is 0.153. The van der Waals surface area contributed by atoms with Gasteiger partial charge in [-0.05, 0) is 74.1 Å². The van der Waals surface area contributed by atoms with E-state index in [-0.39, 0.29) is 0 Å². The molecule has 224 valence electrons. The number of nitrogens with one attached hydrogen (secondary N) is 1. The highest BCUT2D eigenvalue weighted by Gasteiger charge is 2.04. The minimum absolute atomic E-state index is 1.21. The van der Waals surface area contributed by atoms with E-state index in [1.807, 2.05) is 6.07 Å². The predicted octanol–water partition coefficient (Wildman–Crippen LogP) is 12.6. The Morgan fingerprint density at radius 2 is 0.681 bits per heavy atom. The molecule has 0 aliphatic carbocycles. The van der Waals surface area contributed by atoms with Crippen LogP contribution in [0.4, 0.5) is 0 Å². The average molecular weight is 602 g/mol. The Kier molecular flexibility index (Phi) is 8.97. The Balaban J connectivity index is 0.000000115. The molecule has 0 atom stereocenters. The Morgan fingerprint density at radius 3 is 1.11 bits per heavy atom. The summed E-state index contributed by atoms with van der Waals surface area (Å²) in [6.07, 6.45) is 2.24. The van der Waals surface area contributed by atoms with E-state index in [0.29, 0.717) is 0 Å². The van der Waals surface area contributed by atoms with Gasteiger partial charge in [-0.1, -0.05) is 176 Å². The zero-order chi connectivity index (χ0) is 31.7. The molecule has 0 amide bonds. The fourth-order valence-electron chi connectivity index (χ4n) is 5.97. The fraction of sp³-hybridized carbons (Fsp3) is 0. The van der Waals surface area contributed by atoms with Gasteiger partial charge in [0.2, 0.25) is 0 Å². The van der Waals surface area contributed by atoms with E-state index in [2.05, 4.69) is 205 Å². The summed E-state index contributed by atoms with van der Waals surface area (Å²) in [5, 5.41) is 7.85. The van der Waals surface area contributed by atoms with Crippen molar-refractivity contribution < 1.29 is 0 Å². The Bertz CT molecular complexity index is 2190. The van der Waals surface area contributed by atoms with Crippen LogP contribution in [-0.2, 0) is 0 Å². The number of hydrogen-bond donors (Lipinski definition) is 1. The van der Waals surface area contributed by atoms with Gasteiger partial charge in [0.1, 0.15) is 0 Å². The lowest BCUT2D eigenvalue weighted by atomic mass is 9.96. The molecule has 0 unspecified atom stereocenters. The molecule has 8 aromatic carbocycles. The maximum atomic E-state index is 3.38. The van der Waals surface area contributed by atoms with Crippen LogP contribution in [-0.4, -0.2) is 4.98 Å². The summed E-state index contributed by atoms with van der Waals surface area (Å²) in [6.45, 7) is 0. The summed E-state index contributed by atoms with van der Waals surface area (Å²) < 4.78 is 0. The van der Waals surface area contributed by atoms with Gasteiger partial charge in [-0.2, -0.15) is 0 Å². The Hall–Kier alpha value is -6.18. The van der Waals surface area contributed by atoms with Gasteiger partial charge in [0.15, 0.2) is 0 Å². The molecular weight excluding hydrogens is 567 g/mol. The van der Waals surface area contributed by atoms with Crippen LogP contribution < -0.4 is 0 Å². The average Bonchev–Trinajstić information content (AvgIpc) is 3.53. The minimum Gasteiger partial charge on any atom is -0.355 e. The van der Waals surface area contributed by atoms with Crippen LogP contribution in [0.15, 0.2) is 200 Å². The van der Waals surface area contributed by atoms with Crippen molar-refractivity contribution in [2.45, 2.75) is 0 Å². The first-order valence-corrected chi connectivity index (χ1v) is 16.0. The third-order valence-electron chi connectivity index (χ3n) is 8.31. The number of benzene rings is 8. The number of H-pyrrole nitrogens is 1. The predicted molar refractivity (Wildman–Crippen MR) is 204 cm³/mol. The van der Waals surface area contributed by atoms with E-state index in [0.717, 1.165) is 0 Å². The van der Waals surface area contributed by atoms with Gasteiger partial charge in [-0.15, -0.1) is 0 Å². The minimum atomic E-state index is 1.21. The number of aromatic nitrogens is 1. The van der Waals surface area contributed by atoms with Crippen molar-refractivity contribution in [2.24, 2.45) is 0 Å². The third-order valence-corrected chi connectivity index (χ3v) is 8.31. The van der Waals surface area contributed by atoms with Crippen LogP contribution in [0.1, 0.15) is 16.7 Å². The van der Waals surface area contributed by atoms with Gasteiger partial charge in [-0.25, -0.2) is 0 Å². The van der Waals surface area contributed by atoms with E-state index in [1.54, 1.807) is 0 Å². The number of para-hydroxylation sites is 2. The van der Waals surface area contributed by atoms with E-state index in [4.69, 9.17) is 0 Å². The second-order valence-electron chi connectivity index (χ2n) is 11.5. The largest absolute Gasteiger partial charge is 0.355 e. The maximum absolute atomic E-state index is 3.38. The highest BCUT2D eigenvalue weighted by Crippen LogP contribution is 2.26. The topological polar surface area (TPSA) is 15.8 Å². The van der Waals surface area contributed by atoms with E-state index >= 15 is 0 Å². The molecule has 1 heterocycles. The zero-order valence-electron chi connectivity index (χ0n) is 26.1. The van der Waals surface area contributed by atoms with Gasteiger partial charge in [-0.3, -0.25) is 0 Å². The molecule has 1 aromatic heterocycles. The molecule has 0 bridgehead atoms. The molecule has 0 spiro atoms. The lowest BCUT2D eigenvalue weighted by Gasteiger charge is -2.08. The third kappa shape index (κ3) is 7.06. The molecule has 47 heavy (non-hydrogen) atoms. The van der Waals surface area contributed by atoms with Gasteiger partial charge >= 0.3 is 0 Å². The van der Waals surface area contributed by atoms with Crippen molar-refractivity contribution in [3.8, 4) is 0 Å². The summed E-state index contributed by atoms with van der Waals surface area (Å²) in [4.78, 5) is 3.38. The highest BCUT2D eigenvalue weighted by atomic mass is 14.7. The van der Waals surface area contributed by atoms with E-state index in [9.17, 15) is 0 Å². The van der Waals surface area contributed by atoms with Gasteiger partial charge in [0, 0.05) is 21.8 Å². The number of rotatable bonds is 3.